The van der Waals surface area contributed by atoms with Gasteiger partial charge in [-0.2, -0.15) is 0 Å². The van der Waals surface area contributed by atoms with Gasteiger partial charge in [-0.25, -0.2) is 8.42 Å². The molecule has 0 fully saturated rings. The van der Waals surface area contributed by atoms with E-state index in [1.54, 1.807) is 42.5 Å². The lowest BCUT2D eigenvalue weighted by Gasteiger charge is -2.22. The number of nitrogens with zero attached hydrogens (tertiary/aromatic N) is 1. The zero-order valence-electron chi connectivity index (χ0n) is 17.7. The van der Waals surface area contributed by atoms with E-state index in [-0.39, 0.29) is 18.9 Å². The number of benzene rings is 2. The molecular weight excluding hydrogens is 408 g/mol. The van der Waals surface area contributed by atoms with Gasteiger partial charge in [0, 0.05) is 19.0 Å². The lowest BCUT2D eigenvalue weighted by atomic mass is 10.2. The number of nitrogens with one attached hydrogen (secondary N) is 1. The Morgan fingerprint density at radius 1 is 1.03 bits per heavy atom. The zero-order valence-corrected chi connectivity index (χ0v) is 18.5. The zero-order chi connectivity index (χ0) is 22.1. The molecule has 0 heterocycles. The maximum Gasteiger partial charge on any atom is 0.232 e. The highest BCUT2D eigenvalue weighted by Crippen LogP contribution is 2.29. The molecule has 9 heteroatoms. The molecule has 8 nitrogen and oxygen atoms in total. The molecule has 0 aromatic heterocycles. The van der Waals surface area contributed by atoms with Gasteiger partial charge < -0.3 is 19.5 Å². The van der Waals surface area contributed by atoms with Crippen molar-refractivity contribution in [1.29, 1.82) is 0 Å². The molecule has 164 valence electrons. The minimum Gasteiger partial charge on any atom is -0.497 e. The van der Waals surface area contributed by atoms with Crippen LogP contribution in [-0.4, -0.2) is 48.0 Å². The highest BCUT2D eigenvalue weighted by atomic mass is 32.2. The van der Waals surface area contributed by atoms with Crippen LogP contribution in [0.2, 0.25) is 0 Å². The van der Waals surface area contributed by atoms with Crippen LogP contribution in [0.25, 0.3) is 0 Å². The Labute approximate surface area is 177 Å². The Bertz CT molecular complexity index is 944. The molecule has 0 atom stereocenters. The summed E-state index contributed by atoms with van der Waals surface area (Å²) in [6.07, 6.45) is 1.63. The third-order valence-electron chi connectivity index (χ3n) is 4.28. The lowest BCUT2D eigenvalue weighted by Crippen LogP contribution is -2.31. The van der Waals surface area contributed by atoms with Crippen LogP contribution in [0.5, 0.6) is 17.2 Å². The standard InChI is InChI=1S/C21H28N2O6S/c1-5-29-17-10-8-16(9-11-17)23(30(4,25)26)14-6-7-21(24)22-19-15-18(27-2)12-13-20(19)28-3/h8-13,15H,5-7,14H2,1-4H3,(H,22,24). The van der Waals surface area contributed by atoms with Gasteiger partial charge in [0.25, 0.3) is 0 Å². The number of methoxy groups -OCH3 is 2. The molecule has 0 bridgehead atoms. The second kappa shape index (κ2) is 10.7. The van der Waals surface area contributed by atoms with Crippen LogP contribution in [0.15, 0.2) is 42.5 Å². The second-order valence-electron chi connectivity index (χ2n) is 6.48. The van der Waals surface area contributed by atoms with Crippen LogP contribution < -0.4 is 23.8 Å². The summed E-state index contributed by atoms with van der Waals surface area (Å²) in [7, 11) is -0.447. The third kappa shape index (κ3) is 6.55. The molecule has 2 rings (SSSR count). The van der Waals surface area contributed by atoms with Crippen LogP contribution >= 0.6 is 0 Å². The van der Waals surface area contributed by atoms with Gasteiger partial charge in [0.2, 0.25) is 15.9 Å². The molecule has 0 saturated heterocycles. The van der Waals surface area contributed by atoms with E-state index in [1.807, 2.05) is 6.92 Å². The van der Waals surface area contributed by atoms with E-state index in [0.29, 0.717) is 41.7 Å². The summed E-state index contributed by atoms with van der Waals surface area (Å²) < 4.78 is 41.5. The maximum atomic E-state index is 12.4. The number of rotatable bonds is 11. The molecule has 30 heavy (non-hydrogen) atoms. The van der Waals surface area contributed by atoms with E-state index < -0.39 is 10.0 Å². The van der Waals surface area contributed by atoms with Crippen molar-refractivity contribution in [2.24, 2.45) is 0 Å². The van der Waals surface area contributed by atoms with E-state index in [4.69, 9.17) is 14.2 Å². The monoisotopic (exact) mass is 436 g/mol. The minimum absolute atomic E-state index is 0.142. The normalized spacial score (nSPS) is 10.9. The summed E-state index contributed by atoms with van der Waals surface area (Å²) in [6, 6.07) is 11.9. The molecule has 0 aliphatic heterocycles. The average Bonchev–Trinajstić information content (AvgIpc) is 2.71. The molecule has 1 amide bonds. The van der Waals surface area contributed by atoms with Crippen molar-refractivity contribution in [1.82, 2.24) is 0 Å². The van der Waals surface area contributed by atoms with Gasteiger partial charge in [0.05, 0.1) is 38.5 Å². The summed E-state index contributed by atoms with van der Waals surface area (Å²) in [5, 5.41) is 2.78. The first-order valence-corrected chi connectivity index (χ1v) is 11.4. The fourth-order valence-electron chi connectivity index (χ4n) is 2.87. The predicted molar refractivity (Wildman–Crippen MR) is 117 cm³/mol. The number of hydrogen-bond acceptors (Lipinski definition) is 6. The quantitative estimate of drug-likeness (QED) is 0.581. The van der Waals surface area contributed by atoms with Crippen molar-refractivity contribution in [2.45, 2.75) is 19.8 Å². The van der Waals surface area contributed by atoms with Gasteiger partial charge in [0.1, 0.15) is 17.2 Å². The number of carbonyl (C=O) groups excluding carboxylic acids is 1. The Morgan fingerprint density at radius 2 is 1.70 bits per heavy atom. The van der Waals surface area contributed by atoms with Crippen molar-refractivity contribution < 1.29 is 27.4 Å². The van der Waals surface area contributed by atoms with Gasteiger partial charge >= 0.3 is 0 Å². The van der Waals surface area contributed by atoms with Gasteiger partial charge in [-0.1, -0.05) is 0 Å². The first-order chi connectivity index (χ1) is 14.3. The van der Waals surface area contributed by atoms with Gasteiger partial charge in [-0.05, 0) is 49.7 Å². The van der Waals surface area contributed by atoms with Crippen molar-refractivity contribution in [3.63, 3.8) is 0 Å². The number of carbonyl (C=O) groups is 1. The van der Waals surface area contributed by atoms with Crippen LogP contribution in [0.3, 0.4) is 0 Å². The van der Waals surface area contributed by atoms with E-state index in [1.165, 1.54) is 18.5 Å². The SMILES string of the molecule is CCOc1ccc(N(CCCC(=O)Nc2cc(OC)ccc2OC)S(C)(=O)=O)cc1. The van der Waals surface area contributed by atoms with Crippen molar-refractivity contribution in [2.75, 3.05) is 43.2 Å². The molecule has 2 aromatic rings. The number of hydrogen-bond donors (Lipinski definition) is 1. The fraction of sp³-hybridized carbons (Fsp3) is 0.381. The molecule has 0 aliphatic carbocycles. The number of anilines is 2. The first kappa shape index (κ1) is 23.3. The predicted octanol–water partition coefficient (Wildman–Crippen LogP) is 3.29. The molecule has 2 aromatic carbocycles. The van der Waals surface area contributed by atoms with Crippen LogP contribution in [0.4, 0.5) is 11.4 Å². The van der Waals surface area contributed by atoms with Crippen molar-refractivity contribution in [3.05, 3.63) is 42.5 Å². The van der Waals surface area contributed by atoms with E-state index in [0.717, 1.165) is 6.26 Å². The molecular formula is C21H28N2O6S. The number of ether oxygens (including phenoxy) is 3. The molecule has 0 aliphatic rings. The Hall–Kier alpha value is -2.94. The summed E-state index contributed by atoms with van der Waals surface area (Å²) >= 11 is 0. The van der Waals surface area contributed by atoms with E-state index >= 15 is 0 Å². The molecule has 1 N–H and O–H groups in total. The van der Waals surface area contributed by atoms with Crippen molar-refractivity contribution in [3.8, 4) is 17.2 Å². The van der Waals surface area contributed by atoms with E-state index in [9.17, 15) is 13.2 Å². The number of sulfonamides is 1. The fourth-order valence-corrected chi connectivity index (χ4v) is 3.83. The second-order valence-corrected chi connectivity index (χ2v) is 8.39. The summed E-state index contributed by atoms with van der Waals surface area (Å²) in [5.74, 6) is 1.52. The molecule has 0 radical (unpaired) electrons. The minimum atomic E-state index is -3.50. The summed E-state index contributed by atoms with van der Waals surface area (Å²) in [5.41, 5.74) is 1.02. The Morgan fingerprint density at radius 3 is 2.27 bits per heavy atom. The van der Waals surface area contributed by atoms with E-state index in [2.05, 4.69) is 5.32 Å². The first-order valence-electron chi connectivity index (χ1n) is 9.51. The largest absolute Gasteiger partial charge is 0.497 e. The number of amides is 1. The molecule has 0 unspecified atom stereocenters. The Kier molecular flexibility index (Phi) is 8.35. The Balaban J connectivity index is 2.01. The van der Waals surface area contributed by atoms with Crippen LogP contribution in [-0.2, 0) is 14.8 Å². The van der Waals surface area contributed by atoms with Crippen LogP contribution in [0.1, 0.15) is 19.8 Å². The third-order valence-corrected chi connectivity index (χ3v) is 5.48. The summed E-state index contributed by atoms with van der Waals surface area (Å²) in [4.78, 5) is 12.4. The lowest BCUT2D eigenvalue weighted by molar-refractivity contribution is -0.116. The van der Waals surface area contributed by atoms with Gasteiger partial charge in [0.15, 0.2) is 0 Å². The summed E-state index contributed by atoms with van der Waals surface area (Å²) in [6.45, 7) is 2.58. The molecule has 0 saturated carbocycles. The molecule has 0 spiro atoms. The highest BCUT2D eigenvalue weighted by Gasteiger charge is 2.18. The highest BCUT2D eigenvalue weighted by molar-refractivity contribution is 7.92. The topological polar surface area (TPSA) is 94.2 Å². The average molecular weight is 437 g/mol. The smallest absolute Gasteiger partial charge is 0.232 e. The van der Waals surface area contributed by atoms with Crippen molar-refractivity contribution >= 4 is 27.3 Å². The van der Waals surface area contributed by atoms with Gasteiger partial charge in [-0.15, -0.1) is 0 Å². The van der Waals surface area contributed by atoms with Crippen LogP contribution in [0, 0.1) is 0 Å². The van der Waals surface area contributed by atoms with Gasteiger partial charge in [-0.3, -0.25) is 9.10 Å². The maximum absolute atomic E-state index is 12.4.